The molecule has 0 saturated carbocycles. The normalized spacial score (nSPS) is 26.9. The monoisotopic (exact) mass is 252 g/mol. The molecule has 17 heavy (non-hydrogen) atoms. The molecule has 0 spiro atoms. The first-order chi connectivity index (χ1) is 7.90. The number of hydrogen-bond donors (Lipinski definition) is 3. The summed E-state index contributed by atoms with van der Waals surface area (Å²) in [7, 11) is 0. The average molecular weight is 252 g/mol. The summed E-state index contributed by atoms with van der Waals surface area (Å²) in [6, 6.07) is 6.99. The Bertz CT molecular complexity index is 431. The Hall–Kier alpha value is -1.20. The van der Waals surface area contributed by atoms with Crippen LogP contribution in [-0.4, -0.2) is 21.9 Å². The van der Waals surface area contributed by atoms with Crippen LogP contribution in [0.15, 0.2) is 24.3 Å². The lowest BCUT2D eigenvalue weighted by Crippen LogP contribution is -2.43. The predicted octanol–water partition coefficient (Wildman–Crippen LogP) is 1.84. The van der Waals surface area contributed by atoms with Crippen LogP contribution >= 0.6 is 11.8 Å². The van der Waals surface area contributed by atoms with Gasteiger partial charge < -0.3 is 10.8 Å². The Balaban J connectivity index is 2.21. The number of carbonyl (C=O) groups is 1. The lowest BCUT2D eigenvalue weighted by Gasteiger charge is -2.20. The molecule has 1 unspecified atom stereocenters. The van der Waals surface area contributed by atoms with Crippen LogP contribution in [0.3, 0.4) is 0 Å². The standard InChI is InChI=1S/C12H16N2O2S/c1-12(2)9(11(15)16)14-10(17-12)7-3-5-8(13)6-4-7/h3-6,9-10,14H,13H2,1-2H3,(H,15,16)/t9-,10?/m0/s1. The van der Waals surface area contributed by atoms with Crippen LogP contribution in [-0.2, 0) is 4.79 Å². The second-order valence-electron chi connectivity index (χ2n) is 4.71. The van der Waals surface area contributed by atoms with E-state index in [1.165, 1.54) is 0 Å². The molecule has 1 aromatic carbocycles. The van der Waals surface area contributed by atoms with Gasteiger partial charge in [0.15, 0.2) is 0 Å². The first-order valence-corrected chi connectivity index (χ1v) is 6.30. The zero-order valence-electron chi connectivity index (χ0n) is 9.81. The van der Waals surface area contributed by atoms with E-state index < -0.39 is 12.0 Å². The number of rotatable bonds is 2. The maximum atomic E-state index is 11.2. The van der Waals surface area contributed by atoms with Crippen LogP contribution < -0.4 is 11.1 Å². The van der Waals surface area contributed by atoms with Gasteiger partial charge in [0, 0.05) is 10.4 Å². The molecule has 92 valence electrons. The molecule has 4 nitrogen and oxygen atoms in total. The number of aliphatic carboxylic acids is 1. The number of hydrogen-bond acceptors (Lipinski definition) is 4. The van der Waals surface area contributed by atoms with Crippen molar-refractivity contribution in [2.45, 2.75) is 30.0 Å². The largest absolute Gasteiger partial charge is 0.480 e. The zero-order chi connectivity index (χ0) is 12.6. The SMILES string of the molecule is CC1(C)SC(c2ccc(N)cc2)N[C@H]1C(=O)O. The van der Waals surface area contributed by atoms with Crippen molar-refractivity contribution >= 4 is 23.4 Å². The van der Waals surface area contributed by atoms with Crippen LogP contribution in [0.1, 0.15) is 24.8 Å². The Morgan fingerprint density at radius 2 is 2.00 bits per heavy atom. The Labute approximate surface area is 105 Å². The number of carboxylic acid groups (broad SMARTS) is 1. The molecule has 0 radical (unpaired) electrons. The van der Waals surface area contributed by atoms with Crippen molar-refractivity contribution in [2.75, 3.05) is 5.73 Å². The highest BCUT2D eigenvalue weighted by Gasteiger charge is 2.45. The Morgan fingerprint density at radius 1 is 1.41 bits per heavy atom. The van der Waals surface area contributed by atoms with Gasteiger partial charge in [0.25, 0.3) is 0 Å². The van der Waals surface area contributed by atoms with E-state index in [2.05, 4.69) is 5.32 Å². The highest BCUT2D eigenvalue weighted by Crippen LogP contribution is 2.45. The molecule has 2 atom stereocenters. The topological polar surface area (TPSA) is 75.3 Å². The highest BCUT2D eigenvalue weighted by atomic mass is 32.2. The summed E-state index contributed by atoms with van der Waals surface area (Å²) in [4.78, 5) is 11.2. The van der Waals surface area contributed by atoms with Crippen molar-refractivity contribution in [1.29, 1.82) is 0 Å². The molecule has 1 fully saturated rings. The lowest BCUT2D eigenvalue weighted by atomic mass is 10.0. The summed E-state index contributed by atoms with van der Waals surface area (Å²) in [5.41, 5.74) is 7.40. The first-order valence-electron chi connectivity index (χ1n) is 5.42. The van der Waals surface area contributed by atoms with E-state index in [1.807, 2.05) is 38.1 Å². The smallest absolute Gasteiger partial charge is 0.322 e. The van der Waals surface area contributed by atoms with Gasteiger partial charge in [-0.3, -0.25) is 10.1 Å². The molecular weight excluding hydrogens is 236 g/mol. The van der Waals surface area contributed by atoms with E-state index in [-0.39, 0.29) is 10.1 Å². The third kappa shape index (κ3) is 2.40. The second kappa shape index (κ2) is 4.23. The van der Waals surface area contributed by atoms with E-state index in [0.717, 1.165) is 5.56 Å². The summed E-state index contributed by atoms with van der Waals surface area (Å²) in [6.45, 7) is 3.89. The highest BCUT2D eigenvalue weighted by molar-refractivity contribution is 8.01. The summed E-state index contributed by atoms with van der Waals surface area (Å²) < 4.78 is -0.322. The van der Waals surface area contributed by atoms with Crippen molar-refractivity contribution in [2.24, 2.45) is 0 Å². The van der Waals surface area contributed by atoms with Gasteiger partial charge in [0.1, 0.15) is 6.04 Å². The lowest BCUT2D eigenvalue weighted by molar-refractivity contribution is -0.139. The van der Waals surface area contributed by atoms with E-state index in [0.29, 0.717) is 5.69 Å². The fourth-order valence-corrected chi connectivity index (χ4v) is 3.37. The fourth-order valence-electron chi connectivity index (χ4n) is 1.96. The molecule has 5 heteroatoms. The molecule has 0 aliphatic carbocycles. The number of thioether (sulfide) groups is 1. The summed E-state index contributed by atoms with van der Waals surface area (Å²) >= 11 is 1.63. The average Bonchev–Trinajstić information content (AvgIpc) is 2.55. The van der Waals surface area contributed by atoms with E-state index in [4.69, 9.17) is 10.8 Å². The Morgan fingerprint density at radius 3 is 2.47 bits per heavy atom. The van der Waals surface area contributed by atoms with Crippen LogP contribution in [0.4, 0.5) is 5.69 Å². The van der Waals surface area contributed by atoms with Gasteiger partial charge in [0.05, 0.1) is 5.37 Å². The summed E-state index contributed by atoms with van der Waals surface area (Å²) in [5.74, 6) is -0.805. The van der Waals surface area contributed by atoms with Gasteiger partial charge in [0.2, 0.25) is 0 Å². The quantitative estimate of drug-likeness (QED) is 0.700. The van der Waals surface area contributed by atoms with E-state index >= 15 is 0 Å². The van der Waals surface area contributed by atoms with Crippen LogP contribution in [0.25, 0.3) is 0 Å². The van der Waals surface area contributed by atoms with Crippen molar-refractivity contribution in [1.82, 2.24) is 5.32 Å². The van der Waals surface area contributed by atoms with E-state index in [1.54, 1.807) is 11.8 Å². The maximum absolute atomic E-state index is 11.2. The molecule has 1 aromatic rings. The van der Waals surface area contributed by atoms with Crippen LogP contribution in [0, 0.1) is 0 Å². The van der Waals surface area contributed by atoms with Crippen LogP contribution in [0.5, 0.6) is 0 Å². The minimum absolute atomic E-state index is 0.00620. The van der Waals surface area contributed by atoms with Crippen molar-refractivity contribution < 1.29 is 9.90 Å². The number of nitrogens with two attached hydrogens (primary N) is 1. The molecule has 1 aliphatic rings. The Kier molecular flexibility index (Phi) is 3.05. The molecule has 0 amide bonds. The first kappa shape index (κ1) is 12.3. The minimum atomic E-state index is -0.805. The zero-order valence-corrected chi connectivity index (χ0v) is 10.6. The summed E-state index contributed by atoms with van der Waals surface area (Å²) in [5, 5.41) is 12.3. The number of benzene rings is 1. The van der Waals surface area contributed by atoms with Gasteiger partial charge in [-0.15, -0.1) is 11.8 Å². The van der Waals surface area contributed by atoms with Gasteiger partial charge in [-0.1, -0.05) is 12.1 Å². The third-order valence-corrected chi connectivity index (χ3v) is 4.41. The van der Waals surface area contributed by atoms with Crippen molar-refractivity contribution in [3.05, 3.63) is 29.8 Å². The van der Waals surface area contributed by atoms with Gasteiger partial charge in [-0.2, -0.15) is 0 Å². The summed E-state index contributed by atoms with van der Waals surface area (Å²) in [6.07, 6.45) is 0. The van der Waals surface area contributed by atoms with Gasteiger partial charge in [-0.05, 0) is 31.5 Å². The number of nitrogens with one attached hydrogen (secondary N) is 1. The fraction of sp³-hybridized carbons (Fsp3) is 0.417. The molecule has 0 aromatic heterocycles. The molecule has 0 bridgehead atoms. The number of carboxylic acids is 1. The van der Waals surface area contributed by atoms with Gasteiger partial charge in [-0.25, -0.2) is 0 Å². The number of anilines is 1. The molecular formula is C12H16N2O2S. The molecule has 1 aliphatic heterocycles. The minimum Gasteiger partial charge on any atom is -0.480 e. The second-order valence-corrected chi connectivity index (χ2v) is 6.47. The maximum Gasteiger partial charge on any atom is 0.322 e. The van der Waals surface area contributed by atoms with E-state index in [9.17, 15) is 4.79 Å². The number of nitrogen functional groups attached to an aromatic ring is 1. The van der Waals surface area contributed by atoms with Gasteiger partial charge >= 0.3 is 5.97 Å². The van der Waals surface area contributed by atoms with Crippen LogP contribution in [0.2, 0.25) is 0 Å². The van der Waals surface area contributed by atoms with Crippen molar-refractivity contribution in [3.8, 4) is 0 Å². The molecule has 2 rings (SSSR count). The molecule has 4 N–H and O–H groups in total. The predicted molar refractivity (Wildman–Crippen MR) is 69.8 cm³/mol. The molecule has 1 saturated heterocycles. The molecule has 1 heterocycles. The third-order valence-electron chi connectivity index (χ3n) is 2.92. The van der Waals surface area contributed by atoms with Crippen molar-refractivity contribution in [3.63, 3.8) is 0 Å².